The molecule has 0 atom stereocenters. The monoisotopic (exact) mass is 464 g/mol. The van der Waals surface area contributed by atoms with E-state index in [1.807, 2.05) is 64.1 Å². The summed E-state index contributed by atoms with van der Waals surface area (Å²) in [6.45, 7) is 8.80. The van der Waals surface area contributed by atoms with Gasteiger partial charge >= 0.3 is 0 Å². The molecular weight excluding hydrogens is 436 g/mol. The van der Waals surface area contributed by atoms with Crippen LogP contribution in [0.5, 0.6) is 11.5 Å². The minimum atomic E-state index is -0.188. The number of rotatable bonds is 9. The molecule has 0 spiro atoms. The fourth-order valence-corrected chi connectivity index (χ4v) is 3.61. The van der Waals surface area contributed by atoms with Gasteiger partial charge in [0.1, 0.15) is 6.61 Å². The maximum Gasteiger partial charge on any atom is 0.244 e. The smallest absolute Gasteiger partial charge is 0.244 e. The highest BCUT2D eigenvalue weighted by atomic mass is 35.5. The lowest BCUT2D eigenvalue weighted by molar-refractivity contribution is -0.120. The van der Waals surface area contributed by atoms with E-state index in [0.717, 1.165) is 16.7 Å². The second-order valence-corrected chi connectivity index (χ2v) is 8.34. The predicted molar refractivity (Wildman–Crippen MR) is 133 cm³/mol. The molecule has 3 rings (SSSR count). The number of nitrogens with zero attached hydrogens (tertiary/aromatic N) is 1. The molecule has 6 heteroatoms. The average Bonchev–Trinajstić information content (AvgIpc) is 2.76. The van der Waals surface area contributed by atoms with Crippen LogP contribution in [-0.4, -0.2) is 18.7 Å². The normalized spacial score (nSPS) is 10.9. The second kappa shape index (κ2) is 11.5. The summed E-state index contributed by atoms with van der Waals surface area (Å²) in [6.07, 6.45) is 1.80. The van der Waals surface area contributed by atoms with E-state index in [1.165, 1.54) is 17.3 Å². The lowest BCUT2D eigenvalue weighted by atomic mass is 10.0. The Hall–Kier alpha value is -3.31. The number of halogens is 1. The van der Waals surface area contributed by atoms with Gasteiger partial charge in [0.15, 0.2) is 11.5 Å². The van der Waals surface area contributed by atoms with E-state index in [2.05, 4.69) is 16.6 Å². The molecule has 0 aliphatic rings. The Morgan fingerprint density at radius 3 is 2.42 bits per heavy atom. The van der Waals surface area contributed by atoms with E-state index >= 15 is 0 Å². The third kappa shape index (κ3) is 7.09. The van der Waals surface area contributed by atoms with Crippen molar-refractivity contribution in [3.05, 3.63) is 93.0 Å². The number of carbonyl (C=O) groups excluding carboxylic acids is 1. The van der Waals surface area contributed by atoms with Crippen LogP contribution in [0.2, 0.25) is 5.02 Å². The molecule has 0 radical (unpaired) electrons. The maximum atomic E-state index is 12.3. The van der Waals surface area contributed by atoms with Gasteiger partial charge in [0.25, 0.3) is 0 Å². The van der Waals surface area contributed by atoms with Gasteiger partial charge in [0.2, 0.25) is 5.91 Å². The Bertz CT molecular complexity index is 1140. The van der Waals surface area contributed by atoms with Crippen LogP contribution >= 0.6 is 11.6 Å². The number of benzene rings is 3. The molecule has 1 amide bonds. The number of hydrazone groups is 1. The summed E-state index contributed by atoms with van der Waals surface area (Å²) in [5.74, 6) is 0.822. The van der Waals surface area contributed by atoms with Crippen LogP contribution < -0.4 is 14.9 Å². The van der Waals surface area contributed by atoms with E-state index in [9.17, 15) is 4.79 Å². The van der Waals surface area contributed by atoms with Crippen molar-refractivity contribution >= 4 is 23.7 Å². The predicted octanol–water partition coefficient (Wildman–Crippen LogP) is 5.94. The minimum Gasteiger partial charge on any atom is -0.490 e. The second-order valence-electron chi connectivity index (χ2n) is 7.94. The van der Waals surface area contributed by atoms with Crippen molar-refractivity contribution < 1.29 is 14.3 Å². The van der Waals surface area contributed by atoms with Crippen LogP contribution in [0.1, 0.15) is 40.3 Å². The van der Waals surface area contributed by atoms with E-state index in [-0.39, 0.29) is 12.3 Å². The van der Waals surface area contributed by atoms with Crippen LogP contribution in [0.25, 0.3) is 0 Å². The van der Waals surface area contributed by atoms with Gasteiger partial charge < -0.3 is 9.47 Å². The number of nitrogens with one attached hydrogen (secondary N) is 1. The topological polar surface area (TPSA) is 59.9 Å². The first-order valence-electron chi connectivity index (χ1n) is 10.9. The summed E-state index contributed by atoms with van der Waals surface area (Å²) < 4.78 is 11.7. The van der Waals surface area contributed by atoms with Gasteiger partial charge in [-0.1, -0.05) is 65.2 Å². The molecule has 3 aromatic rings. The van der Waals surface area contributed by atoms with Crippen LogP contribution in [0, 0.1) is 20.8 Å². The van der Waals surface area contributed by atoms with Gasteiger partial charge in [-0.2, -0.15) is 5.10 Å². The number of ether oxygens (including phenoxy) is 2. The summed E-state index contributed by atoms with van der Waals surface area (Å²) in [5, 5.41) is 4.49. The van der Waals surface area contributed by atoms with Crippen LogP contribution in [0.4, 0.5) is 0 Å². The van der Waals surface area contributed by atoms with E-state index in [1.54, 1.807) is 12.1 Å². The number of hydrogen-bond donors (Lipinski definition) is 1. The molecule has 0 aromatic heterocycles. The van der Waals surface area contributed by atoms with Gasteiger partial charge in [-0.3, -0.25) is 4.79 Å². The van der Waals surface area contributed by atoms with E-state index < -0.39 is 0 Å². The molecule has 0 bridgehead atoms. The van der Waals surface area contributed by atoms with Gasteiger partial charge in [-0.15, -0.1) is 0 Å². The molecule has 0 heterocycles. The first-order valence-corrected chi connectivity index (χ1v) is 11.3. The van der Waals surface area contributed by atoms with E-state index in [4.69, 9.17) is 21.1 Å². The van der Waals surface area contributed by atoms with Crippen LogP contribution in [0.3, 0.4) is 0 Å². The molecule has 5 nitrogen and oxygen atoms in total. The molecule has 0 aliphatic carbocycles. The molecule has 1 N–H and O–H groups in total. The van der Waals surface area contributed by atoms with Gasteiger partial charge in [0.05, 0.1) is 24.3 Å². The summed E-state index contributed by atoms with van der Waals surface area (Å²) in [4.78, 5) is 12.3. The number of aryl methyl sites for hydroxylation is 3. The van der Waals surface area contributed by atoms with Crippen molar-refractivity contribution in [1.82, 2.24) is 5.43 Å². The van der Waals surface area contributed by atoms with Crippen molar-refractivity contribution in [3.8, 4) is 11.5 Å². The first-order chi connectivity index (χ1) is 15.9. The fourth-order valence-electron chi connectivity index (χ4n) is 3.34. The summed E-state index contributed by atoms with van der Waals surface area (Å²) in [5.41, 5.74) is 8.73. The van der Waals surface area contributed by atoms with Gasteiger partial charge in [0, 0.05) is 0 Å². The molecule has 0 aliphatic heterocycles. The Balaban J connectivity index is 1.66. The summed E-state index contributed by atoms with van der Waals surface area (Å²) in [7, 11) is 0. The van der Waals surface area contributed by atoms with Crippen LogP contribution in [0.15, 0.2) is 59.7 Å². The third-order valence-corrected chi connectivity index (χ3v) is 5.37. The standard InChI is InChI=1S/C27H29ClN2O3/c1-5-32-25-14-22(13-24(28)27(25)33-17-21-9-6-18(2)7-10-21)16-29-30-26(31)15-23-11-8-19(3)12-20(23)4/h6-14,16H,5,15,17H2,1-4H3,(H,30,31)/b29-16+. The Kier molecular flexibility index (Phi) is 8.50. The highest BCUT2D eigenvalue weighted by molar-refractivity contribution is 6.32. The fraction of sp³-hybridized carbons (Fsp3) is 0.259. The Labute approximate surface area is 200 Å². The van der Waals surface area contributed by atoms with Crippen molar-refractivity contribution in [1.29, 1.82) is 0 Å². The molecule has 0 saturated heterocycles. The van der Waals surface area contributed by atoms with Crippen molar-refractivity contribution in [2.24, 2.45) is 5.10 Å². The molecule has 0 unspecified atom stereocenters. The zero-order chi connectivity index (χ0) is 23.8. The quantitative estimate of drug-likeness (QED) is 0.315. The largest absolute Gasteiger partial charge is 0.490 e. The van der Waals surface area contributed by atoms with Crippen molar-refractivity contribution in [2.75, 3.05) is 6.61 Å². The lowest BCUT2D eigenvalue weighted by Crippen LogP contribution is -2.20. The lowest BCUT2D eigenvalue weighted by Gasteiger charge is -2.14. The Morgan fingerprint density at radius 2 is 1.73 bits per heavy atom. The molecular formula is C27H29ClN2O3. The third-order valence-electron chi connectivity index (χ3n) is 5.09. The van der Waals surface area contributed by atoms with Gasteiger partial charge in [-0.25, -0.2) is 5.43 Å². The molecule has 33 heavy (non-hydrogen) atoms. The average molecular weight is 465 g/mol. The van der Waals surface area contributed by atoms with Gasteiger partial charge in [-0.05, 0) is 62.1 Å². The number of amides is 1. The molecule has 0 saturated carbocycles. The summed E-state index contributed by atoms with van der Waals surface area (Å²) in [6, 6.07) is 17.7. The summed E-state index contributed by atoms with van der Waals surface area (Å²) >= 11 is 6.49. The highest BCUT2D eigenvalue weighted by Crippen LogP contribution is 2.37. The number of hydrogen-bond acceptors (Lipinski definition) is 4. The Morgan fingerprint density at radius 1 is 1.00 bits per heavy atom. The SMILES string of the molecule is CCOc1cc(/C=N/NC(=O)Cc2ccc(C)cc2C)cc(Cl)c1OCc1ccc(C)cc1. The number of carbonyl (C=O) groups is 1. The van der Waals surface area contributed by atoms with Crippen molar-refractivity contribution in [3.63, 3.8) is 0 Å². The van der Waals surface area contributed by atoms with Crippen molar-refractivity contribution in [2.45, 2.75) is 40.7 Å². The maximum absolute atomic E-state index is 12.3. The zero-order valence-electron chi connectivity index (χ0n) is 19.4. The highest BCUT2D eigenvalue weighted by Gasteiger charge is 2.13. The van der Waals surface area contributed by atoms with E-state index in [0.29, 0.717) is 35.3 Å². The minimum absolute atomic E-state index is 0.188. The molecule has 172 valence electrons. The molecule has 0 fully saturated rings. The zero-order valence-corrected chi connectivity index (χ0v) is 20.2. The van der Waals surface area contributed by atoms with Crippen LogP contribution in [-0.2, 0) is 17.8 Å². The first kappa shape index (κ1) is 24.3. The molecule has 3 aromatic carbocycles.